The van der Waals surface area contributed by atoms with E-state index in [1.54, 1.807) is 0 Å². The van der Waals surface area contributed by atoms with Crippen molar-refractivity contribution in [3.05, 3.63) is 34.3 Å². The van der Waals surface area contributed by atoms with Gasteiger partial charge in [-0.25, -0.2) is 0 Å². The van der Waals surface area contributed by atoms with E-state index in [9.17, 15) is 0 Å². The van der Waals surface area contributed by atoms with Crippen molar-refractivity contribution >= 4 is 15.9 Å². The van der Waals surface area contributed by atoms with Crippen molar-refractivity contribution in [2.45, 2.75) is 26.3 Å². The summed E-state index contributed by atoms with van der Waals surface area (Å²) >= 11 is 3.55. The Morgan fingerprint density at radius 3 is 2.64 bits per heavy atom. The molecule has 14 heavy (non-hydrogen) atoms. The third-order valence-corrected chi connectivity index (χ3v) is 2.86. The fourth-order valence-corrected chi connectivity index (χ4v) is 1.72. The van der Waals surface area contributed by atoms with Crippen LogP contribution in [0.25, 0.3) is 0 Å². The summed E-state index contributed by atoms with van der Waals surface area (Å²) in [6.45, 7) is 4.55. The number of quaternary nitrogens is 1. The molecule has 0 aromatic heterocycles. The van der Waals surface area contributed by atoms with E-state index in [1.165, 1.54) is 29.4 Å². The third-order valence-electron chi connectivity index (χ3n) is 2.08. The molecule has 0 fully saturated rings. The van der Waals surface area contributed by atoms with Crippen LogP contribution in [0.3, 0.4) is 0 Å². The summed E-state index contributed by atoms with van der Waals surface area (Å²) in [5, 5.41) is 2.36. The SMILES string of the molecule is CCCC[NH2+]Cc1ccccc1Br.[Cl-]. The molecule has 3 heteroatoms. The first-order valence-corrected chi connectivity index (χ1v) is 5.69. The van der Waals surface area contributed by atoms with Gasteiger partial charge < -0.3 is 17.7 Å². The van der Waals surface area contributed by atoms with E-state index in [2.05, 4.69) is 52.4 Å². The number of benzene rings is 1. The Bertz CT molecular complexity index is 253. The Kier molecular flexibility index (Phi) is 8.24. The van der Waals surface area contributed by atoms with Gasteiger partial charge in [-0.15, -0.1) is 0 Å². The van der Waals surface area contributed by atoms with Crippen LogP contribution in [0.4, 0.5) is 0 Å². The van der Waals surface area contributed by atoms with Crippen molar-refractivity contribution in [1.82, 2.24) is 0 Å². The van der Waals surface area contributed by atoms with Crippen molar-refractivity contribution in [3.63, 3.8) is 0 Å². The average Bonchev–Trinajstić information content (AvgIpc) is 2.15. The van der Waals surface area contributed by atoms with Crippen molar-refractivity contribution in [2.24, 2.45) is 0 Å². The van der Waals surface area contributed by atoms with Crippen LogP contribution in [0.2, 0.25) is 0 Å². The van der Waals surface area contributed by atoms with Gasteiger partial charge in [0.1, 0.15) is 6.54 Å². The first-order valence-electron chi connectivity index (χ1n) is 4.89. The molecule has 0 saturated heterocycles. The fraction of sp³-hybridized carbons (Fsp3) is 0.455. The molecule has 0 heterocycles. The van der Waals surface area contributed by atoms with Gasteiger partial charge in [0.05, 0.1) is 6.54 Å². The summed E-state index contributed by atoms with van der Waals surface area (Å²) < 4.78 is 1.22. The maximum absolute atomic E-state index is 3.55. The maximum Gasteiger partial charge on any atom is 0.102 e. The van der Waals surface area contributed by atoms with Gasteiger partial charge in [-0.3, -0.25) is 0 Å². The van der Waals surface area contributed by atoms with Crippen LogP contribution in [0.15, 0.2) is 28.7 Å². The second-order valence-electron chi connectivity index (χ2n) is 3.23. The topological polar surface area (TPSA) is 16.6 Å². The van der Waals surface area contributed by atoms with Crippen molar-refractivity contribution in [2.75, 3.05) is 6.54 Å². The Balaban J connectivity index is 0.00000169. The predicted octanol–water partition coefficient (Wildman–Crippen LogP) is -0.683. The van der Waals surface area contributed by atoms with Crippen LogP contribution >= 0.6 is 15.9 Å². The molecule has 1 rings (SSSR count). The minimum atomic E-state index is 0. The number of hydrogen-bond acceptors (Lipinski definition) is 0. The number of rotatable bonds is 5. The first-order chi connectivity index (χ1) is 6.34. The highest BCUT2D eigenvalue weighted by Crippen LogP contribution is 2.13. The summed E-state index contributed by atoms with van der Waals surface area (Å²) in [6, 6.07) is 8.42. The molecule has 0 saturated carbocycles. The quantitative estimate of drug-likeness (QED) is 0.687. The molecule has 0 aliphatic heterocycles. The molecule has 0 radical (unpaired) electrons. The molecule has 80 valence electrons. The Morgan fingerprint density at radius 1 is 1.29 bits per heavy atom. The van der Waals surface area contributed by atoms with Crippen LogP contribution in [-0.4, -0.2) is 6.54 Å². The van der Waals surface area contributed by atoms with Crippen molar-refractivity contribution in [3.8, 4) is 0 Å². The highest BCUT2D eigenvalue weighted by atomic mass is 79.9. The molecule has 2 N–H and O–H groups in total. The summed E-state index contributed by atoms with van der Waals surface area (Å²) in [7, 11) is 0. The van der Waals surface area contributed by atoms with Gasteiger partial charge in [0.25, 0.3) is 0 Å². The van der Waals surface area contributed by atoms with Crippen LogP contribution in [-0.2, 0) is 6.54 Å². The van der Waals surface area contributed by atoms with Gasteiger partial charge in [0.15, 0.2) is 0 Å². The molecule has 1 nitrogen and oxygen atoms in total. The Labute approximate surface area is 101 Å². The van der Waals surface area contributed by atoms with Gasteiger partial charge in [-0.05, 0) is 12.5 Å². The van der Waals surface area contributed by atoms with E-state index in [4.69, 9.17) is 0 Å². The third kappa shape index (κ3) is 4.99. The number of nitrogens with two attached hydrogens (primary N) is 1. The van der Waals surface area contributed by atoms with Crippen molar-refractivity contribution in [1.29, 1.82) is 0 Å². The number of unbranched alkanes of at least 4 members (excludes halogenated alkanes) is 1. The van der Waals surface area contributed by atoms with Crippen molar-refractivity contribution < 1.29 is 17.7 Å². The van der Waals surface area contributed by atoms with Gasteiger partial charge in [-0.1, -0.05) is 47.5 Å². The zero-order chi connectivity index (χ0) is 9.52. The lowest BCUT2D eigenvalue weighted by Gasteiger charge is -2.02. The molecule has 1 aromatic carbocycles. The highest BCUT2D eigenvalue weighted by molar-refractivity contribution is 9.10. The monoisotopic (exact) mass is 277 g/mol. The van der Waals surface area contributed by atoms with Gasteiger partial charge in [0.2, 0.25) is 0 Å². The van der Waals surface area contributed by atoms with Gasteiger partial charge in [0, 0.05) is 10.0 Å². The van der Waals surface area contributed by atoms with Crippen LogP contribution in [0, 0.1) is 0 Å². The summed E-state index contributed by atoms with van der Waals surface area (Å²) in [6.07, 6.45) is 2.59. The highest BCUT2D eigenvalue weighted by Gasteiger charge is 1.98. The molecule has 0 unspecified atom stereocenters. The lowest BCUT2D eigenvalue weighted by molar-refractivity contribution is -0.671. The van der Waals surface area contributed by atoms with E-state index in [0.29, 0.717) is 0 Å². The molecular formula is C11H17BrClN. The van der Waals surface area contributed by atoms with E-state index >= 15 is 0 Å². The minimum absolute atomic E-state index is 0. The Morgan fingerprint density at radius 2 is 2.00 bits per heavy atom. The average molecular weight is 279 g/mol. The maximum atomic E-state index is 3.55. The smallest absolute Gasteiger partial charge is 0.102 e. The van der Waals surface area contributed by atoms with E-state index in [-0.39, 0.29) is 12.4 Å². The molecule has 0 aliphatic carbocycles. The fourth-order valence-electron chi connectivity index (χ4n) is 1.27. The second kappa shape index (κ2) is 8.27. The number of halogens is 2. The molecule has 0 atom stereocenters. The molecule has 0 spiro atoms. The summed E-state index contributed by atoms with van der Waals surface area (Å²) in [5.41, 5.74) is 1.39. The summed E-state index contributed by atoms with van der Waals surface area (Å²) in [4.78, 5) is 0. The van der Waals surface area contributed by atoms with E-state index < -0.39 is 0 Å². The summed E-state index contributed by atoms with van der Waals surface area (Å²) in [5.74, 6) is 0. The van der Waals surface area contributed by atoms with Gasteiger partial charge in [-0.2, -0.15) is 0 Å². The molecule has 1 aromatic rings. The predicted molar refractivity (Wildman–Crippen MR) is 59.5 cm³/mol. The van der Waals surface area contributed by atoms with E-state index in [1.807, 2.05) is 0 Å². The molecule has 0 aliphatic rings. The lowest BCUT2D eigenvalue weighted by Crippen LogP contribution is -3.00. The van der Waals surface area contributed by atoms with Crippen LogP contribution < -0.4 is 17.7 Å². The zero-order valence-corrected chi connectivity index (χ0v) is 10.8. The normalized spacial score (nSPS) is 9.57. The van der Waals surface area contributed by atoms with Crippen LogP contribution in [0.5, 0.6) is 0 Å². The molecule has 0 bridgehead atoms. The standard InChI is InChI=1S/C11H16BrN.ClH/c1-2-3-8-13-9-10-6-4-5-7-11(10)12;/h4-7,13H,2-3,8-9H2,1H3;1H. The largest absolute Gasteiger partial charge is 1.00 e. The molecule has 0 amide bonds. The minimum Gasteiger partial charge on any atom is -1.00 e. The molecular weight excluding hydrogens is 261 g/mol. The van der Waals surface area contributed by atoms with E-state index in [0.717, 1.165) is 6.54 Å². The zero-order valence-electron chi connectivity index (χ0n) is 8.47. The second-order valence-corrected chi connectivity index (χ2v) is 4.08. The number of hydrogen-bond donors (Lipinski definition) is 1. The van der Waals surface area contributed by atoms with Crippen LogP contribution in [0.1, 0.15) is 25.3 Å². The lowest BCUT2D eigenvalue weighted by atomic mass is 10.2. The van der Waals surface area contributed by atoms with Gasteiger partial charge >= 0.3 is 0 Å². The first kappa shape index (κ1) is 13.9. The Hall–Kier alpha value is -0.0500.